The van der Waals surface area contributed by atoms with E-state index < -0.39 is 0 Å². The monoisotopic (exact) mass is 270 g/mol. The fraction of sp³-hybridized carbons (Fsp3) is 0.235. The van der Waals surface area contributed by atoms with Crippen molar-refractivity contribution in [2.75, 3.05) is 6.61 Å². The van der Waals surface area contributed by atoms with Gasteiger partial charge in [0, 0.05) is 0 Å². The predicted molar refractivity (Wildman–Crippen MR) is 78.0 cm³/mol. The second kappa shape index (κ2) is 6.75. The number of benzene rings is 2. The quantitative estimate of drug-likeness (QED) is 0.773. The van der Waals surface area contributed by atoms with Crippen LogP contribution >= 0.6 is 0 Å². The Morgan fingerprint density at radius 3 is 2.45 bits per heavy atom. The molecule has 0 saturated heterocycles. The minimum atomic E-state index is -0.202. The molecule has 0 N–H and O–H groups in total. The highest BCUT2D eigenvalue weighted by molar-refractivity contribution is 5.73. The number of aryl methyl sites for hydroxylation is 1. The van der Waals surface area contributed by atoms with E-state index >= 15 is 0 Å². The summed E-state index contributed by atoms with van der Waals surface area (Å²) in [5.74, 6) is 1.36. The van der Waals surface area contributed by atoms with E-state index in [0.717, 1.165) is 22.6 Å². The highest BCUT2D eigenvalue weighted by atomic mass is 16.5. The second-order valence-corrected chi connectivity index (χ2v) is 4.49. The van der Waals surface area contributed by atoms with Gasteiger partial charge in [0.15, 0.2) is 0 Å². The second-order valence-electron chi connectivity index (χ2n) is 4.49. The van der Waals surface area contributed by atoms with Crippen molar-refractivity contribution in [3.8, 4) is 11.5 Å². The molecule has 2 aromatic carbocycles. The van der Waals surface area contributed by atoms with Crippen LogP contribution in [-0.4, -0.2) is 12.6 Å². The Kier molecular flexibility index (Phi) is 4.77. The summed E-state index contributed by atoms with van der Waals surface area (Å²) in [7, 11) is 0. The van der Waals surface area contributed by atoms with Crippen LogP contribution in [0, 0.1) is 6.92 Å². The molecular formula is C17H18O3. The van der Waals surface area contributed by atoms with E-state index in [1.807, 2.05) is 62.4 Å². The lowest BCUT2D eigenvalue weighted by molar-refractivity contribution is -0.142. The Hall–Kier alpha value is -2.29. The number of esters is 1. The molecule has 0 aliphatic heterocycles. The Morgan fingerprint density at radius 2 is 1.80 bits per heavy atom. The maximum atomic E-state index is 11.5. The summed E-state index contributed by atoms with van der Waals surface area (Å²) in [5, 5.41) is 0. The van der Waals surface area contributed by atoms with Crippen LogP contribution in [0.2, 0.25) is 0 Å². The first-order chi connectivity index (χ1) is 9.69. The largest absolute Gasteiger partial charge is 0.466 e. The summed E-state index contributed by atoms with van der Waals surface area (Å²) in [6, 6.07) is 15.3. The van der Waals surface area contributed by atoms with Crippen molar-refractivity contribution in [2.45, 2.75) is 20.3 Å². The van der Waals surface area contributed by atoms with Gasteiger partial charge in [0.2, 0.25) is 0 Å². The van der Waals surface area contributed by atoms with Gasteiger partial charge in [0.05, 0.1) is 13.0 Å². The normalized spacial score (nSPS) is 10.1. The number of carbonyl (C=O) groups excluding carboxylic acids is 1. The minimum Gasteiger partial charge on any atom is -0.466 e. The molecule has 2 rings (SSSR count). The maximum Gasteiger partial charge on any atom is 0.310 e. The van der Waals surface area contributed by atoms with Gasteiger partial charge in [-0.25, -0.2) is 0 Å². The van der Waals surface area contributed by atoms with Gasteiger partial charge in [-0.2, -0.15) is 0 Å². The van der Waals surface area contributed by atoms with Gasteiger partial charge in [-0.05, 0) is 49.2 Å². The van der Waals surface area contributed by atoms with Gasteiger partial charge >= 0.3 is 5.97 Å². The molecule has 104 valence electrons. The van der Waals surface area contributed by atoms with Crippen LogP contribution in [-0.2, 0) is 16.0 Å². The Balaban J connectivity index is 2.08. The van der Waals surface area contributed by atoms with Gasteiger partial charge in [0.25, 0.3) is 0 Å². The van der Waals surface area contributed by atoms with Crippen molar-refractivity contribution in [1.82, 2.24) is 0 Å². The third-order valence-corrected chi connectivity index (χ3v) is 2.93. The number of carbonyl (C=O) groups is 1. The van der Waals surface area contributed by atoms with Gasteiger partial charge in [-0.3, -0.25) is 4.79 Å². The molecule has 3 heteroatoms. The van der Waals surface area contributed by atoms with Gasteiger partial charge in [-0.1, -0.05) is 24.3 Å². The van der Waals surface area contributed by atoms with Crippen molar-refractivity contribution >= 4 is 5.97 Å². The topological polar surface area (TPSA) is 35.5 Å². The zero-order valence-corrected chi connectivity index (χ0v) is 11.8. The van der Waals surface area contributed by atoms with Crippen LogP contribution < -0.4 is 4.74 Å². The lowest BCUT2D eigenvalue weighted by Crippen LogP contribution is -2.08. The van der Waals surface area contributed by atoms with Crippen molar-refractivity contribution in [1.29, 1.82) is 0 Å². The lowest BCUT2D eigenvalue weighted by atomic mass is 10.1. The van der Waals surface area contributed by atoms with E-state index in [2.05, 4.69) is 0 Å². The molecular weight excluding hydrogens is 252 g/mol. The van der Waals surface area contributed by atoms with Crippen molar-refractivity contribution in [3.05, 3.63) is 59.7 Å². The first-order valence-electron chi connectivity index (χ1n) is 6.67. The SMILES string of the molecule is CCOC(=O)Cc1ccc(Oc2ccccc2)cc1C. The molecule has 0 bridgehead atoms. The molecule has 0 aliphatic carbocycles. The molecule has 0 radical (unpaired) electrons. The standard InChI is InChI=1S/C17H18O3/c1-3-19-17(18)12-14-9-10-16(11-13(14)2)20-15-7-5-4-6-8-15/h4-11H,3,12H2,1-2H3. The number of ether oxygens (including phenoxy) is 2. The lowest BCUT2D eigenvalue weighted by Gasteiger charge is -2.09. The summed E-state index contributed by atoms with van der Waals surface area (Å²) in [6.45, 7) is 4.18. The molecule has 0 heterocycles. The van der Waals surface area contributed by atoms with Crippen LogP contribution in [0.15, 0.2) is 48.5 Å². The molecule has 0 unspecified atom stereocenters. The maximum absolute atomic E-state index is 11.5. The van der Waals surface area contributed by atoms with E-state index in [0.29, 0.717) is 13.0 Å². The highest BCUT2D eigenvalue weighted by Crippen LogP contribution is 2.23. The Labute approximate surface area is 119 Å². The molecule has 20 heavy (non-hydrogen) atoms. The van der Waals surface area contributed by atoms with Gasteiger partial charge in [-0.15, -0.1) is 0 Å². The zero-order valence-electron chi connectivity index (χ0n) is 11.8. The highest BCUT2D eigenvalue weighted by Gasteiger charge is 2.08. The molecule has 0 fully saturated rings. The van der Waals surface area contributed by atoms with E-state index in [1.165, 1.54) is 0 Å². The number of para-hydroxylation sites is 1. The van der Waals surface area contributed by atoms with Gasteiger partial charge < -0.3 is 9.47 Å². The molecule has 0 spiro atoms. The third kappa shape index (κ3) is 3.85. The summed E-state index contributed by atoms with van der Waals surface area (Å²) >= 11 is 0. The van der Waals surface area contributed by atoms with E-state index in [9.17, 15) is 4.79 Å². The summed E-state index contributed by atoms with van der Waals surface area (Å²) in [4.78, 5) is 11.5. The van der Waals surface area contributed by atoms with Crippen molar-refractivity contribution in [3.63, 3.8) is 0 Å². The first kappa shape index (κ1) is 14.1. The van der Waals surface area contributed by atoms with Crippen LogP contribution in [0.1, 0.15) is 18.1 Å². The average Bonchev–Trinajstić information content (AvgIpc) is 2.43. The molecule has 0 saturated carbocycles. The molecule has 0 aromatic heterocycles. The predicted octanol–water partition coefficient (Wildman–Crippen LogP) is 3.89. The average molecular weight is 270 g/mol. The molecule has 0 aliphatic rings. The minimum absolute atomic E-state index is 0.202. The van der Waals surface area contributed by atoms with E-state index in [-0.39, 0.29) is 5.97 Å². The van der Waals surface area contributed by atoms with Crippen LogP contribution in [0.3, 0.4) is 0 Å². The van der Waals surface area contributed by atoms with Crippen molar-refractivity contribution < 1.29 is 14.3 Å². The number of hydrogen-bond acceptors (Lipinski definition) is 3. The number of rotatable bonds is 5. The van der Waals surface area contributed by atoms with Crippen LogP contribution in [0.4, 0.5) is 0 Å². The third-order valence-electron chi connectivity index (χ3n) is 2.93. The number of hydrogen-bond donors (Lipinski definition) is 0. The fourth-order valence-electron chi connectivity index (χ4n) is 1.92. The Morgan fingerprint density at radius 1 is 1.05 bits per heavy atom. The van der Waals surface area contributed by atoms with Crippen LogP contribution in [0.5, 0.6) is 11.5 Å². The molecule has 0 atom stereocenters. The van der Waals surface area contributed by atoms with E-state index in [4.69, 9.17) is 9.47 Å². The van der Waals surface area contributed by atoms with Crippen LogP contribution in [0.25, 0.3) is 0 Å². The van der Waals surface area contributed by atoms with E-state index in [1.54, 1.807) is 0 Å². The summed E-state index contributed by atoms with van der Waals surface area (Å²) in [6.07, 6.45) is 0.297. The molecule has 3 nitrogen and oxygen atoms in total. The zero-order chi connectivity index (χ0) is 14.4. The smallest absolute Gasteiger partial charge is 0.310 e. The fourth-order valence-corrected chi connectivity index (χ4v) is 1.92. The van der Waals surface area contributed by atoms with Crippen molar-refractivity contribution in [2.24, 2.45) is 0 Å². The molecule has 0 amide bonds. The Bertz CT molecular complexity index is 576. The molecule has 2 aromatic rings. The first-order valence-corrected chi connectivity index (χ1v) is 6.67. The summed E-state index contributed by atoms with van der Waals surface area (Å²) < 4.78 is 10.7. The van der Waals surface area contributed by atoms with Gasteiger partial charge in [0.1, 0.15) is 11.5 Å². The summed E-state index contributed by atoms with van der Waals surface area (Å²) in [5.41, 5.74) is 1.98.